The largest absolute Gasteiger partial charge is 0.496 e. The van der Waals surface area contributed by atoms with Gasteiger partial charge in [0.2, 0.25) is 0 Å². The molecule has 0 aliphatic carbocycles. The fourth-order valence-corrected chi connectivity index (χ4v) is 2.22. The topological polar surface area (TPSA) is 64.5 Å². The summed E-state index contributed by atoms with van der Waals surface area (Å²) in [6, 6.07) is 4.25. The Bertz CT molecular complexity index is 407. The van der Waals surface area contributed by atoms with Crippen LogP contribution in [0.2, 0.25) is 0 Å². The molecule has 0 aliphatic rings. The second-order valence-electron chi connectivity index (χ2n) is 5.18. The minimum atomic E-state index is 0.0590. The van der Waals surface area contributed by atoms with Gasteiger partial charge in [-0.2, -0.15) is 0 Å². The summed E-state index contributed by atoms with van der Waals surface area (Å²) in [7, 11) is 3.80. The fraction of sp³-hybridized carbons (Fsp3) is 0.600. The third-order valence-corrected chi connectivity index (χ3v) is 3.68. The highest BCUT2D eigenvalue weighted by Gasteiger charge is 2.09. The zero-order chi connectivity index (χ0) is 14.4. The standard InChI is InChI=1S/C15H27N3O/c1-11-12(2)15(19-4)6-5-13(11)7-8-18(3)10-14(17)9-16/h5-6,14H,7-10,16-17H2,1-4H3. The Kier molecular flexibility index (Phi) is 6.28. The lowest BCUT2D eigenvalue weighted by atomic mass is 10.00. The van der Waals surface area contributed by atoms with Gasteiger partial charge < -0.3 is 21.1 Å². The number of nitrogens with zero attached hydrogens (tertiary/aromatic N) is 1. The molecule has 1 atom stereocenters. The molecular weight excluding hydrogens is 238 g/mol. The Labute approximate surface area is 116 Å². The summed E-state index contributed by atoms with van der Waals surface area (Å²) in [5.41, 5.74) is 15.3. The summed E-state index contributed by atoms with van der Waals surface area (Å²) in [4.78, 5) is 2.23. The van der Waals surface area contributed by atoms with E-state index in [1.54, 1.807) is 7.11 Å². The molecular formula is C15H27N3O. The number of rotatable bonds is 7. The van der Waals surface area contributed by atoms with Crippen molar-refractivity contribution in [2.45, 2.75) is 26.3 Å². The highest BCUT2D eigenvalue weighted by atomic mass is 16.5. The van der Waals surface area contributed by atoms with E-state index in [9.17, 15) is 0 Å². The molecule has 0 spiro atoms. The van der Waals surface area contributed by atoms with E-state index in [-0.39, 0.29) is 6.04 Å². The van der Waals surface area contributed by atoms with Gasteiger partial charge in [0.05, 0.1) is 7.11 Å². The summed E-state index contributed by atoms with van der Waals surface area (Å²) in [6.07, 6.45) is 1.02. The molecule has 19 heavy (non-hydrogen) atoms. The van der Waals surface area contributed by atoms with Gasteiger partial charge in [-0.25, -0.2) is 0 Å². The molecule has 0 fully saturated rings. The van der Waals surface area contributed by atoms with E-state index >= 15 is 0 Å². The average molecular weight is 265 g/mol. The minimum Gasteiger partial charge on any atom is -0.496 e. The molecule has 0 aliphatic heterocycles. The molecule has 0 saturated heterocycles. The van der Waals surface area contributed by atoms with Crippen LogP contribution in [0, 0.1) is 13.8 Å². The number of benzene rings is 1. The van der Waals surface area contributed by atoms with Gasteiger partial charge in [0, 0.05) is 25.7 Å². The van der Waals surface area contributed by atoms with Crippen molar-refractivity contribution < 1.29 is 4.74 Å². The van der Waals surface area contributed by atoms with Crippen molar-refractivity contribution in [3.05, 3.63) is 28.8 Å². The highest BCUT2D eigenvalue weighted by molar-refractivity contribution is 5.43. The first kappa shape index (κ1) is 16.0. The first-order valence-electron chi connectivity index (χ1n) is 6.76. The number of ether oxygens (including phenoxy) is 1. The third-order valence-electron chi connectivity index (χ3n) is 3.68. The number of methoxy groups -OCH3 is 1. The lowest BCUT2D eigenvalue weighted by Gasteiger charge is -2.21. The van der Waals surface area contributed by atoms with Crippen molar-refractivity contribution in [3.8, 4) is 5.75 Å². The Hall–Kier alpha value is -1.10. The summed E-state index contributed by atoms with van der Waals surface area (Å²) in [5.74, 6) is 0.958. The molecule has 0 saturated carbocycles. The van der Waals surface area contributed by atoms with Crippen molar-refractivity contribution in [1.82, 2.24) is 4.90 Å². The van der Waals surface area contributed by atoms with E-state index in [2.05, 4.69) is 31.9 Å². The quantitative estimate of drug-likeness (QED) is 0.774. The van der Waals surface area contributed by atoms with Crippen LogP contribution < -0.4 is 16.2 Å². The molecule has 0 amide bonds. The number of likely N-dealkylation sites (N-methyl/N-ethyl adjacent to an activating group) is 1. The van der Waals surface area contributed by atoms with Gasteiger partial charge in [0.15, 0.2) is 0 Å². The van der Waals surface area contributed by atoms with E-state index in [1.165, 1.54) is 16.7 Å². The maximum atomic E-state index is 5.85. The maximum absolute atomic E-state index is 5.85. The second-order valence-corrected chi connectivity index (χ2v) is 5.18. The molecule has 4 nitrogen and oxygen atoms in total. The molecule has 1 aromatic rings. The molecule has 0 bridgehead atoms. The summed E-state index contributed by atoms with van der Waals surface area (Å²) in [6.45, 7) is 6.61. The predicted octanol–water partition coefficient (Wildman–Crippen LogP) is 1.07. The molecule has 4 N–H and O–H groups in total. The molecule has 4 heteroatoms. The van der Waals surface area contributed by atoms with E-state index in [1.807, 2.05) is 6.07 Å². The van der Waals surface area contributed by atoms with Gasteiger partial charge in [0.1, 0.15) is 5.75 Å². The van der Waals surface area contributed by atoms with Crippen molar-refractivity contribution >= 4 is 0 Å². The first-order valence-corrected chi connectivity index (χ1v) is 6.76. The van der Waals surface area contributed by atoms with Gasteiger partial charge in [-0.3, -0.25) is 0 Å². The van der Waals surface area contributed by atoms with Crippen LogP contribution in [-0.4, -0.2) is 44.7 Å². The van der Waals surface area contributed by atoms with Gasteiger partial charge in [0.25, 0.3) is 0 Å². The molecule has 1 unspecified atom stereocenters. The summed E-state index contributed by atoms with van der Waals surface area (Å²) < 4.78 is 5.33. The molecule has 0 heterocycles. The summed E-state index contributed by atoms with van der Waals surface area (Å²) >= 11 is 0. The molecule has 0 aromatic heterocycles. The number of hydrogen-bond donors (Lipinski definition) is 2. The Balaban J connectivity index is 2.61. The molecule has 0 radical (unpaired) electrons. The lowest BCUT2D eigenvalue weighted by Crippen LogP contribution is -2.41. The van der Waals surface area contributed by atoms with Crippen LogP contribution in [0.25, 0.3) is 0 Å². The van der Waals surface area contributed by atoms with Crippen LogP contribution >= 0.6 is 0 Å². The number of nitrogens with two attached hydrogens (primary N) is 2. The van der Waals surface area contributed by atoms with Crippen LogP contribution in [0.3, 0.4) is 0 Å². The summed E-state index contributed by atoms with van der Waals surface area (Å²) in [5, 5.41) is 0. The predicted molar refractivity (Wildman–Crippen MR) is 80.7 cm³/mol. The van der Waals surface area contributed by atoms with Gasteiger partial charge in [-0.05, 0) is 50.1 Å². The first-order chi connectivity index (χ1) is 8.99. The Morgan fingerprint density at radius 3 is 2.53 bits per heavy atom. The van der Waals surface area contributed by atoms with Crippen LogP contribution in [0.15, 0.2) is 12.1 Å². The SMILES string of the molecule is COc1ccc(CCN(C)CC(N)CN)c(C)c1C. The van der Waals surface area contributed by atoms with E-state index in [0.717, 1.165) is 25.3 Å². The molecule has 1 rings (SSSR count). The Morgan fingerprint density at radius 1 is 1.26 bits per heavy atom. The van der Waals surface area contributed by atoms with Gasteiger partial charge >= 0.3 is 0 Å². The zero-order valence-corrected chi connectivity index (χ0v) is 12.6. The Morgan fingerprint density at radius 2 is 1.95 bits per heavy atom. The lowest BCUT2D eigenvalue weighted by molar-refractivity contribution is 0.316. The van der Waals surface area contributed by atoms with Crippen molar-refractivity contribution in [1.29, 1.82) is 0 Å². The zero-order valence-electron chi connectivity index (χ0n) is 12.6. The smallest absolute Gasteiger partial charge is 0.122 e. The van der Waals surface area contributed by atoms with Crippen molar-refractivity contribution in [3.63, 3.8) is 0 Å². The molecule has 1 aromatic carbocycles. The minimum absolute atomic E-state index is 0.0590. The second kappa shape index (κ2) is 7.48. The average Bonchev–Trinajstić information content (AvgIpc) is 2.40. The van der Waals surface area contributed by atoms with Crippen LogP contribution in [-0.2, 0) is 6.42 Å². The van der Waals surface area contributed by atoms with Crippen molar-refractivity contribution in [2.75, 3.05) is 33.8 Å². The van der Waals surface area contributed by atoms with E-state index in [4.69, 9.17) is 16.2 Å². The van der Waals surface area contributed by atoms with Gasteiger partial charge in [-0.1, -0.05) is 6.07 Å². The van der Waals surface area contributed by atoms with Crippen LogP contribution in [0.4, 0.5) is 0 Å². The van der Waals surface area contributed by atoms with Crippen LogP contribution in [0.5, 0.6) is 5.75 Å². The molecule has 108 valence electrons. The normalized spacial score (nSPS) is 12.8. The van der Waals surface area contributed by atoms with Gasteiger partial charge in [-0.15, -0.1) is 0 Å². The van der Waals surface area contributed by atoms with E-state index in [0.29, 0.717) is 6.54 Å². The monoisotopic (exact) mass is 265 g/mol. The highest BCUT2D eigenvalue weighted by Crippen LogP contribution is 2.24. The van der Waals surface area contributed by atoms with Crippen LogP contribution in [0.1, 0.15) is 16.7 Å². The third kappa shape index (κ3) is 4.49. The van der Waals surface area contributed by atoms with E-state index < -0.39 is 0 Å². The fourth-order valence-electron chi connectivity index (χ4n) is 2.22. The van der Waals surface area contributed by atoms with Crippen molar-refractivity contribution in [2.24, 2.45) is 11.5 Å². The maximum Gasteiger partial charge on any atom is 0.122 e. The number of hydrogen-bond acceptors (Lipinski definition) is 4.